The maximum Gasteiger partial charge on any atom is 0.0196 e. The van der Waals surface area contributed by atoms with Gasteiger partial charge in [0.2, 0.25) is 0 Å². The van der Waals surface area contributed by atoms with Crippen LogP contribution in [0.2, 0.25) is 0 Å². The standard InChI is InChI=1S/C10H20N2/c1-2-12-7-3-4-9(8-12)10(11)5-6-10/h9H,2-8,11H2,1H3. The molecule has 70 valence electrons. The van der Waals surface area contributed by atoms with Crippen molar-refractivity contribution in [2.24, 2.45) is 11.7 Å². The van der Waals surface area contributed by atoms with Crippen molar-refractivity contribution in [2.75, 3.05) is 19.6 Å². The first-order valence-corrected chi connectivity index (χ1v) is 5.26. The second kappa shape index (κ2) is 3.00. The maximum absolute atomic E-state index is 6.21. The molecule has 2 aliphatic rings. The highest BCUT2D eigenvalue weighted by molar-refractivity contribution is 5.05. The first-order chi connectivity index (χ1) is 5.74. The molecule has 2 rings (SSSR count). The molecule has 0 aromatic heterocycles. The van der Waals surface area contributed by atoms with Gasteiger partial charge >= 0.3 is 0 Å². The highest BCUT2D eigenvalue weighted by Gasteiger charge is 2.46. The van der Waals surface area contributed by atoms with Crippen LogP contribution in [-0.2, 0) is 0 Å². The number of rotatable bonds is 2. The first-order valence-electron chi connectivity index (χ1n) is 5.26. The summed E-state index contributed by atoms with van der Waals surface area (Å²) in [6.07, 6.45) is 5.27. The van der Waals surface area contributed by atoms with Gasteiger partial charge in [0.15, 0.2) is 0 Å². The van der Waals surface area contributed by atoms with Crippen LogP contribution in [-0.4, -0.2) is 30.1 Å². The fourth-order valence-corrected chi connectivity index (χ4v) is 2.36. The summed E-state index contributed by atoms with van der Waals surface area (Å²) in [5, 5.41) is 0. The van der Waals surface area contributed by atoms with Crippen LogP contribution in [0.3, 0.4) is 0 Å². The molecule has 0 aromatic carbocycles. The van der Waals surface area contributed by atoms with E-state index in [0.717, 1.165) is 5.92 Å². The minimum absolute atomic E-state index is 0.258. The van der Waals surface area contributed by atoms with E-state index in [1.54, 1.807) is 0 Å². The van der Waals surface area contributed by atoms with Crippen molar-refractivity contribution in [3.8, 4) is 0 Å². The fraction of sp³-hybridized carbons (Fsp3) is 1.00. The SMILES string of the molecule is CCN1CCCC(C2(N)CC2)C1. The zero-order chi connectivity index (χ0) is 8.60. The van der Waals surface area contributed by atoms with E-state index in [2.05, 4.69) is 11.8 Å². The molecule has 0 amide bonds. The van der Waals surface area contributed by atoms with Gasteiger partial charge in [0.25, 0.3) is 0 Å². The molecule has 2 N–H and O–H groups in total. The lowest BCUT2D eigenvalue weighted by Gasteiger charge is -2.35. The molecule has 1 unspecified atom stereocenters. The predicted octanol–water partition coefficient (Wildman–Crippen LogP) is 1.21. The van der Waals surface area contributed by atoms with Crippen LogP contribution < -0.4 is 5.73 Å². The normalized spacial score (nSPS) is 35.0. The molecule has 1 aliphatic carbocycles. The average Bonchev–Trinajstić information content (AvgIpc) is 2.85. The monoisotopic (exact) mass is 168 g/mol. The Bertz CT molecular complexity index is 163. The zero-order valence-corrected chi connectivity index (χ0v) is 8.05. The minimum atomic E-state index is 0.258. The van der Waals surface area contributed by atoms with E-state index in [-0.39, 0.29) is 5.54 Å². The lowest BCUT2D eigenvalue weighted by Crippen LogP contribution is -2.44. The van der Waals surface area contributed by atoms with Crippen molar-refractivity contribution < 1.29 is 0 Å². The van der Waals surface area contributed by atoms with Crippen LogP contribution in [0, 0.1) is 5.92 Å². The van der Waals surface area contributed by atoms with Gasteiger partial charge in [-0.05, 0) is 44.7 Å². The molecule has 0 aromatic rings. The molecular formula is C10H20N2. The topological polar surface area (TPSA) is 29.3 Å². The summed E-state index contributed by atoms with van der Waals surface area (Å²) in [5.41, 5.74) is 6.47. The second-order valence-electron chi connectivity index (χ2n) is 4.47. The van der Waals surface area contributed by atoms with Gasteiger partial charge in [-0.15, -0.1) is 0 Å². The Labute approximate surface area is 75.1 Å². The minimum Gasteiger partial charge on any atom is -0.325 e. The Kier molecular flexibility index (Phi) is 2.13. The summed E-state index contributed by atoms with van der Waals surface area (Å²) in [4.78, 5) is 2.54. The van der Waals surface area contributed by atoms with Gasteiger partial charge in [-0.3, -0.25) is 0 Å². The summed E-state index contributed by atoms with van der Waals surface area (Å²) in [6.45, 7) is 6.00. The number of likely N-dealkylation sites (tertiary alicyclic amines) is 1. The van der Waals surface area contributed by atoms with Crippen molar-refractivity contribution in [1.29, 1.82) is 0 Å². The highest BCUT2D eigenvalue weighted by atomic mass is 15.1. The molecule has 1 atom stereocenters. The largest absolute Gasteiger partial charge is 0.325 e. The van der Waals surface area contributed by atoms with E-state index in [9.17, 15) is 0 Å². The van der Waals surface area contributed by atoms with Crippen molar-refractivity contribution in [3.05, 3.63) is 0 Å². The van der Waals surface area contributed by atoms with E-state index in [1.165, 1.54) is 45.3 Å². The molecule has 0 radical (unpaired) electrons. The van der Waals surface area contributed by atoms with Gasteiger partial charge in [-0.1, -0.05) is 6.92 Å². The van der Waals surface area contributed by atoms with Gasteiger partial charge < -0.3 is 10.6 Å². The molecule has 0 spiro atoms. The number of piperidine rings is 1. The number of hydrogen-bond acceptors (Lipinski definition) is 2. The van der Waals surface area contributed by atoms with Crippen LogP contribution in [0.25, 0.3) is 0 Å². The van der Waals surface area contributed by atoms with Crippen LogP contribution in [0.4, 0.5) is 0 Å². The third-order valence-electron chi connectivity index (χ3n) is 3.59. The number of nitrogens with zero attached hydrogens (tertiary/aromatic N) is 1. The van der Waals surface area contributed by atoms with E-state index >= 15 is 0 Å². The van der Waals surface area contributed by atoms with Gasteiger partial charge in [-0.2, -0.15) is 0 Å². The van der Waals surface area contributed by atoms with Crippen molar-refractivity contribution >= 4 is 0 Å². The van der Waals surface area contributed by atoms with Crippen molar-refractivity contribution in [1.82, 2.24) is 4.90 Å². The first kappa shape index (κ1) is 8.52. The Balaban J connectivity index is 1.90. The van der Waals surface area contributed by atoms with Gasteiger partial charge in [0, 0.05) is 12.1 Å². The summed E-state index contributed by atoms with van der Waals surface area (Å²) >= 11 is 0. The molecule has 2 fully saturated rings. The summed E-state index contributed by atoms with van der Waals surface area (Å²) in [6, 6.07) is 0. The molecule has 2 nitrogen and oxygen atoms in total. The molecule has 0 bridgehead atoms. The fourth-order valence-electron chi connectivity index (χ4n) is 2.36. The Morgan fingerprint density at radius 1 is 1.50 bits per heavy atom. The maximum atomic E-state index is 6.21. The lowest BCUT2D eigenvalue weighted by atomic mass is 9.89. The molecule has 12 heavy (non-hydrogen) atoms. The third-order valence-corrected chi connectivity index (χ3v) is 3.59. The summed E-state index contributed by atoms with van der Waals surface area (Å²) < 4.78 is 0. The van der Waals surface area contributed by atoms with E-state index in [0.29, 0.717) is 0 Å². The molecule has 1 aliphatic heterocycles. The van der Waals surface area contributed by atoms with Crippen LogP contribution in [0.5, 0.6) is 0 Å². The number of nitrogens with two attached hydrogens (primary N) is 1. The Morgan fingerprint density at radius 2 is 2.25 bits per heavy atom. The van der Waals surface area contributed by atoms with Crippen LogP contribution in [0.15, 0.2) is 0 Å². The summed E-state index contributed by atoms with van der Waals surface area (Å²) in [7, 11) is 0. The molecule has 1 heterocycles. The zero-order valence-electron chi connectivity index (χ0n) is 8.05. The van der Waals surface area contributed by atoms with Gasteiger partial charge in [0.1, 0.15) is 0 Å². The molecule has 1 saturated carbocycles. The smallest absolute Gasteiger partial charge is 0.0196 e. The second-order valence-corrected chi connectivity index (χ2v) is 4.47. The predicted molar refractivity (Wildman–Crippen MR) is 51.0 cm³/mol. The van der Waals surface area contributed by atoms with Crippen molar-refractivity contribution in [3.63, 3.8) is 0 Å². The van der Waals surface area contributed by atoms with E-state index < -0.39 is 0 Å². The third kappa shape index (κ3) is 1.50. The van der Waals surface area contributed by atoms with E-state index in [4.69, 9.17) is 5.73 Å². The molecule has 1 saturated heterocycles. The summed E-state index contributed by atoms with van der Waals surface area (Å²) in [5.74, 6) is 0.797. The average molecular weight is 168 g/mol. The van der Waals surface area contributed by atoms with E-state index in [1.807, 2.05) is 0 Å². The van der Waals surface area contributed by atoms with Gasteiger partial charge in [-0.25, -0.2) is 0 Å². The van der Waals surface area contributed by atoms with Crippen molar-refractivity contribution in [2.45, 2.75) is 38.1 Å². The number of hydrogen-bond donors (Lipinski definition) is 1. The lowest BCUT2D eigenvalue weighted by molar-refractivity contribution is 0.158. The highest BCUT2D eigenvalue weighted by Crippen LogP contribution is 2.43. The Hall–Kier alpha value is -0.0800. The van der Waals surface area contributed by atoms with Crippen LogP contribution >= 0.6 is 0 Å². The molecule has 2 heteroatoms. The van der Waals surface area contributed by atoms with Gasteiger partial charge in [0.05, 0.1) is 0 Å². The Morgan fingerprint density at radius 3 is 2.83 bits per heavy atom. The quantitative estimate of drug-likeness (QED) is 0.671. The van der Waals surface area contributed by atoms with Crippen LogP contribution in [0.1, 0.15) is 32.6 Å². The molecular weight excluding hydrogens is 148 g/mol.